The van der Waals surface area contributed by atoms with E-state index < -0.39 is 0 Å². The van der Waals surface area contributed by atoms with Crippen LogP contribution in [0.4, 0.5) is 4.79 Å². The highest BCUT2D eigenvalue weighted by atomic mass is 16.6. The molecule has 0 spiro atoms. The molecular formula is C25H37NO3. The van der Waals surface area contributed by atoms with Crippen LogP contribution in [0.2, 0.25) is 0 Å². The number of allylic oxidation sites excluding steroid dienone is 1. The molecule has 5 atom stereocenters. The first-order valence-corrected chi connectivity index (χ1v) is 11.2. The quantitative estimate of drug-likeness (QED) is 0.472. The van der Waals surface area contributed by atoms with Gasteiger partial charge in [0.05, 0.1) is 12.7 Å². The molecule has 1 saturated heterocycles. The van der Waals surface area contributed by atoms with Crippen LogP contribution in [0.25, 0.3) is 0 Å². The smallest absolute Gasteiger partial charge is 0.407 e. The summed E-state index contributed by atoms with van der Waals surface area (Å²) in [5.41, 5.74) is 2.64. The Hall–Kier alpha value is -1.81. The maximum absolute atomic E-state index is 12.1. The van der Waals surface area contributed by atoms with Crippen molar-refractivity contribution in [2.75, 3.05) is 19.8 Å². The number of amides is 1. The Bertz CT molecular complexity index is 701. The van der Waals surface area contributed by atoms with Gasteiger partial charge in [0.15, 0.2) is 0 Å². The van der Waals surface area contributed by atoms with Gasteiger partial charge in [0.1, 0.15) is 6.61 Å². The minimum absolute atomic E-state index is 0.143. The first kappa shape index (κ1) is 21.9. The molecule has 160 valence electrons. The van der Waals surface area contributed by atoms with E-state index in [1.54, 1.807) is 0 Å². The molecule has 1 aromatic rings. The molecule has 0 radical (unpaired) electrons. The van der Waals surface area contributed by atoms with Gasteiger partial charge in [0.25, 0.3) is 0 Å². The second-order valence-corrected chi connectivity index (χ2v) is 8.98. The first-order valence-electron chi connectivity index (χ1n) is 11.2. The molecule has 1 aliphatic heterocycles. The van der Waals surface area contributed by atoms with Gasteiger partial charge in [-0.15, -0.1) is 0 Å². The van der Waals surface area contributed by atoms with Crippen molar-refractivity contribution in [3.05, 3.63) is 47.5 Å². The zero-order chi connectivity index (χ0) is 20.9. The highest BCUT2D eigenvalue weighted by molar-refractivity contribution is 5.67. The van der Waals surface area contributed by atoms with Crippen molar-refractivity contribution in [2.45, 2.75) is 59.5 Å². The third kappa shape index (κ3) is 4.85. The van der Waals surface area contributed by atoms with Gasteiger partial charge in [-0.25, -0.2) is 4.79 Å². The Morgan fingerprint density at radius 3 is 2.76 bits per heavy atom. The topological polar surface area (TPSA) is 47.6 Å². The molecule has 2 aliphatic rings. The number of carbonyl (C=O) groups excluding carboxylic acids is 1. The molecule has 1 N–H and O–H groups in total. The van der Waals surface area contributed by atoms with E-state index in [-0.39, 0.29) is 17.6 Å². The van der Waals surface area contributed by atoms with Gasteiger partial charge in [-0.05, 0) is 43.6 Å². The van der Waals surface area contributed by atoms with Gasteiger partial charge in [-0.2, -0.15) is 0 Å². The highest BCUT2D eigenvalue weighted by Gasteiger charge is 2.53. The first-order chi connectivity index (χ1) is 14.0. The summed E-state index contributed by atoms with van der Waals surface area (Å²) in [6, 6.07) is 10.6. The molecule has 1 heterocycles. The Labute approximate surface area is 176 Å². The van der Waals surface area contributed by atoms with Gasteiger partial charge in [-0.3, -0.25) is 0 Å². The number of unbranched alkanes of at least 4 members (excludes halogenated alkanes) is 1. The Morgan fingerprint density at radius 2 is 2.03 bits per heavy atom. The predicted octanol–water partition coefficient (Wildman–Crippen LogP) is 5.38. The molecule has 4 heteroatoms. The third-order valence-electron chi connectivity index (χ3n) is 7.19. The van der Waals surface area contributed by atoms with Crippen LogP contribution in [0.15, 0.2) is 42.0 Å². The van der Waals surface area contributed by atoms with E-state index in [4.69, 9.17) is 9.47 Å². The lowest BCUT2D eigenvalue weighted by Gasteiger charge is -2.55. The molecule has 1 fully saturated rings. The minimum atomic E-state index is -0.304. The van der Waals surface area contributed by atoms with Crippen molar-refractivity contribution < 1.29 is 14.3 Å². The summed E-state index contributed by atoms with van der Waals surface area (Å²) in [7, 11) is 0. The molecule has 1 aliphatic carbocycles. The number of hydrogen-bond acceptors (Lipinski definition) is 3. The fourth-order valence-corrected chi connectivity index (χ4v) is 5.22. The van der Waals surface area contributed by atoms with E-state index in [1.165, 1.54) is 11.1 Å². The van der Waals surface area contributed by atoms with Crippen molar-refractivity contribution in [3.63, 3.8) is 0 Å². The molecule has 0 unspecified atom stereocenters. The van der Waals surface area contributed by atoms with E-state index in [0.717, 1.165) is 25.7 Å². The Morgan fingerprint density at radius 1 is 1.28 bits per heavy atom. The van der Waals surface area contributed by atoms with Gasteiger partial charge >= 0.3 is 6.09 Å². The summed E-state index contributed by atoms with van der Waals surface area (Å²) in [6.45, 7) is 10.7. The lowest BCUT2D eigenvalue weighted by molar-refractivity contribution is -0.164. The normalized spacial score (nSPS) is 31.1. The molecule has 4 nitrogen and oxygen atoms in total. The Balaban J connectivity index is 1.65. The number of rotatable bonds is 8. The Kier molecular flexibility index (Phi) is 7.39. The van der Waals surface area contributed by atoms with E-state index in [0.29, 0.717) is 37.5 Å². The molecule has 1 aromatic carbocycles. The molecule has 1 amide bonds. The van der Waals surface area contributed by atoms with E-state index in [1.807, 2.05) is 0 Å². The summed E-state index contributed by atoms with van der Waals surface area (Å²) in [5.74, 6) is 1.13. The number of nitrogens with one attached hydrogen (secondary N) is 1. The number of aryl methyl sites for hydroxylation is 1. The molecule has 3 rings (SSSR count). The number of carbonyl (C=O) groups is 1. The summed E-state index contributed by atoms with van der Waals surface area (Å²) < 4.78 is 12.1. The lowest BCUT2D eigenvalue weighted by Crippen LogP contribution is -2.57. The molecular weight excluding hydrogens is 362 g/mol. The van der Waals surface area contributed by atoms with Crippen LogP contribution in [-0.2, 0) is 15.9 Å². The molecule has 29 heavy (non-hydrogen) atoms. The summed E-state index contributed by atoms with van der Waals surface area (Å²) in [4.78, 5) is 12.1. The summed E-state index contributed by atoms with van der Waals surface area (Å²) in [6.07, 6.45) is 6.39. The van der Waals surface area contributed by atoms with E-state index in [2.05, 4.69) is 69.4 Å². The fraction of sp³-hybridized carbons (Fsp3) is 0.640. The van der Waals surface area contributed by atoms with Gasteiger partial charge in [0, 0.05) is 17.9 Å². The van der Waals surface area contributed by atoms with E-state index >= 15 is 0 Å². The SMILES string of the molecule is CCCCNC(=O)OC[C@]12CO[C@@H](CCc3ccccc3)[C@H](C(C)=C[C@@H]1C)[C@H]2C. The van der Waals surface area contributed by atoms with Crippen LogP contribution in [0.3, 0.4) is 0 Å². The number of hydrogen-bond donors (Lipinski definition) is 1. The van der Waals surface area contributed by atoms with Crippen LogP contribution < -0.4 is 5.32 Å². The van der Waals surface area contributed by atoms with Crippen LogP contribution in [0.1, 0.15) is 52.5 Å². The standard InChI is InChI=1S/C25H37NO3/c1-5-6-14-26-24(27)29-17-25-16-28-22(13-12-21-10-8-7-9-11-21)23(20(25)4)18(2)15-19(25)3/h7-11,15,19-20,22-23H,5-6,12-14,16-17H2,1-4H3,(H,26,27)/t19-,20+,22-,23+,25+/m0/s1. The van der Waals surface area contributed by atoms with Crippen molar-refractivity contribution in [1.82, 2.24) is 5.32 Å². The maximum Gasteiger partial charge on any atom is 0.407 e. The van der Waals surface area contributed by atoms with Crippen molar-refractivity contribution in [1.29, 1.82) is 0 Å². The number of alkyl carbamates (subject to hydrolysis) is 1. The molecule has 2 bridgehead atoms. The number of fused-ring (bicyclic) bond motifs is 2. The largest absolute Gasteiger partial charge is 0.449 e. The third-order valence-corrected chi connectivity index (χ3v) is 7.19. The second-order valence-electron chi connectivity index (χ2n) is 8.98. The number of ether oxygens (including phenoxy) is 2. The maximum atomic E-state index is 12.1. The second kappa shape index (κ2) is 9.80. The van der Waals surface area contributed by atoms with Crippen LogP contribution in [0, 0.1) is 23.2 Å². The number of benzene rings is 1. The zero-order valence-electron chi connectivity index (χ0n) is 18.4. The zero-order valence-corrected chi connectivity index (χ0v) is 18.4. The highest BCUT2D eigenvalue weighted by Crippen LogP contribution is 2.53. The minimum Gasteiger partial charge on any atom is -0.449 e. The lowest BCUT2D eigenvalue weighted by atomic mass is 9.56. The van der Waals surface area contributed by atoms with Crippen LogP contribution >= 0.6 is 0 Å². The predicted molar refractivity (Wildman–Crippen MR) is 117 cm³/mol. The van der Waals surface area contributed by atoms with Crippen LogP contribution in [-0.4, -0.2) is 32.0 Å². The average molecular weight is 400 g/mol. The fourth-order valence-electron chi connectivity index (χ4n) is 5.22. The van der Waals surface area contributed by atoms with Gasteiger partial charge in [0.2, 0.25) is 0 Å². The molecule has 0 aromatic heterocycles. The summed E-state index contributed by atoms with van der Waals surface area (Å²) in [5, 5.41) is 2.86. The van der Waals surface area contributed by atoms with E-state index in [9.17, 15) is 4.79 Å². The van der Waals surface area contributed by atoms with Crippen LogP contribution in [0.5, 0.6) is 0 Å². The van der Waals surface area contributed by atoms with Gasteiger partial charge in [-0.1, -0.05) is 69.2 Å². The van der Waals surface area contributed by atoms with Crippen molar-refractivity contribution in [2.24, 2.45) is 23.2 Å². The monoisotopic (exact) mass is 399 g/mol. The molecule has 0 saturated carbocycles. The van der Waals surface area contributed by atoms with Gasteiger partial charge < -0.3 is 14.8 Å². The van der Waals surface area contributed by atoms with Crippen molar-refractivity contribution in [3.8, 4) is 0 Å². The summed E-state index contributed by atoms with van der Waals surface area (Å²) >= 11 is 0. The average Bonchev–Trinajstić information content (AvgIpc) is 2.71. The van der Waals surface area contributed by atoms with Crippen molar-refractivity contribution >= 4 is 6.09 Å².